The van der Waals surface area contributed by atoms with Crippen molar-refractivity contribution in [1.82, 2.24) is 9.80 Å². The van der Waals surface area contributed by atoms with Crippen molar-refractivity contribution in [2.24, 2.45) is 11.0 Å². The predicted molar refractivity (Wildman–Crippen MR) is 101 cm³/mol. The first-order chi connectivity index (χ1) is 12.9. The minimum atomic E-state index is -0.660. The molecule has 2 heterocycles. The maximum absolute atomic E-state index is 11.0. The number of nitro groups is 1. The lowest BCUT2D eigenvalue weighted by molar-refractivity contribution is -0.486. The van der Waals surface area contributed by atoms with Gasteiger partial charge in [-0.25, -0.2) is 10.1 Å². The summed E-state index contributed by atoms with van der Waals surface area (Å²) in [4.78, 5) is 14.7. The van der Waals surface area contributed by atoms with Crippen molar-refractivity contribution in [3.8, 4) is 6.07 Å². The zero-order valence-corrected chi connectivity index (χ0v) is 15.5. The highest BCUT2D eigenvalue weighted by molar-refractivity contribution is 5.83. The third-order valence-corrected chi connectivity index (χ3v) is 4.81. The topological polar surface area (TPSA) is 95.0 Å². The second-order valence-corrected chi connectivity index (χ2v) is 7.43. The van der Waals surface area contributed by atoms with Crippen LogP contribution < -0.4 is 0 Å². The molecule has 0 spiro atoms. The molecule has 0 aliphatic carbocycles. The fourth-order valence-corrected chi connectivity index (χ4v) is 3.62. The first-order valence-corrected chi connectivity index (χ1v) is 8.94. The minimum Gasteiger partial charge on any atom is -0.375 e. The van der Waals surface area contributed by atoms with Gasteiger partial charge in [-0.2, -0.15) is 5.26 Å². The first kappa shape index (κ1) is 18.9. The van der Waals surface area contributed by atoms with Gasteiger partial charge in [0.25, 0.3) is 5.96 Å². The van der Waals surface area contributed by atoms with Crippen LogP contribution in [0.1, 0.15) is 31.4 Å². The van der Waals surface area contributed by atoms with Gasteiger partial charge in [-0.1, -0.05) is 18.2 Å². The van der Waals surface area contributed by atoms with Gasteiger partial charge in [0.2, 0.25) is 0 Å². The first-order valence-electron chi connectivity index (χ1n) is 8.94. The van der Waals surface area contributed by atoms with E-state index in [2.05, 4.69) is 25.0 Å². The molecule has 3 rings (SSSR count). The number of hydrogen-bond donors (Lipinski definition) is 0. The molecule has 8 heteroatoms. The molecule has 0 N–H and O–H groups in total. The lowest BCUT2D eigenvalue weighted by atomic mass is 9.97. The summed E-state index contributed by atoms with van der Waals surface area (Å²) in [6.45, 7) is 6.72. The highest BCUT2D eigenvalue weighted by Crippen LogP contribution is 2.30. The summed E-state index contributed by atoms with van der Waals surface area (Å²) in [6.07, 6.45) is 4.47. The summed E-state index contributed by atoms with van der Waals surface area (Å²) in [7, 11) is 0. The van der Waals surface area contributed by atoms with Crippen LogP contribution in [0.25, 0.3) is 6.08 Å². The van der Waals surface area contributed by atoms with Crippen LogP contribution in [0.5, 0.6) is 0 Å². The molecule has 1 atom stereocenters. The fourth-order valence-electron chi connectivity index (χ4n) is 3.62. The Morgan fingerprint density at radius 3 is 2.89 bits per heavy atom. The third-order valence-electron chi connectivity index (χ3n) is 4.81. The third kappa shape index (κ3) is 4.63. The maximum atomic E-state index is 11.0. The molecule has 2 fully saturated rings. The molecule has 142 valence electrons. The van der Waals surface area contributed by atoms with E-state index in [1.54, 1.807) is 29.3 Å². The summed E-state index contributed by atoms with van der Waals surface area (Å²) < 4.78 is 5.78. The Hall–Kier alpha value is -2.92. The number of ether oxygens (including phenoxy) is 1. The van der Waals surface area contributed by atoms with E-state index in [0.717, 1.165) is 12.0 Å². The average Bonchev–Trinajstić information content (AvgIpc) is 3.16. The molecule has 0 saturated carbocycles. The second-order valence-electron chi connectivity index (χ2n) is 7.43. The number of hydrogen-bond acceptors (Lipinski definition) is 4. The largest absolute Gasteiger partial charge is 0.375 e. The van der Waals surface area contributed by atoms with Crippen molar-refractivity contribution in [2.45, 2.75) is 25.9 Å². The zero-order chi connectivity index (χ0) is 19.4. The normalized spacial score (nSPS) is 23.3. The number of nitriles is 1. The summed E-state index contributed by atoms with van der Waals surface area (Å²) in [6, 6.07) is 9.38. The van der Waals surface area contributed by atoms with Crippen molar-refractivity contribution in [3.63, 3.8) is 0 Å². The molecule has 0 amide bonds. The van der Waals surface area contributed by atoms with Crippen LogP contribution in [0.15, 0.2) is 35.6 Å². The Morgan fingerprint density at radius 2 is 2.22 bits per heavy atom. The second kappa shape index (κ2) is 7.76. The summed E-state index contributed by atoms with van der Waals surface area (Å²) in [5, 5.41) is 23.2. The molecule has 2 aliphatic heterocycles. The van der Waals surface area contributed by atoms with Gasteiger partial charge < -0.3 is 14.5 Å². The molecule has 0 bridgehead atoms. The molecule has 2 saturated heterocycles. The van der Waals surface area contributed by atoms with E-state index >= 15 is 0 Å². The van der Waals surface area contributed by atoms with Gasteiger partial charge in [0.05, 0.1) is 23.8 Å². The van der Waals surface area contributed by atoms with Crippen molar-refractivity contribution in [1.29, 1.82) is 5.26 Å². The molecule has 1 aromatic rings. The van der Waals surface area contributed by atoms with Crippen LogP contribution in [0, 0.1) is 27.4 Å². The minimum absolute atomic E-state index is 0.147. The maximum Gasteiger partial charge on any atom is 0.278 e. The number of rotatable bonds is 5. The Balaban J connectivity index is 1.75. The van der Waals surface area contributed by atoms with Gasteiger partial charge in [0.1, 0.15) is 5.10 Å². The standard InChI is InChI=1S/C19H23N5O3/c1-19(2)11-15(14-27-19)13-23-10-9-22(18(23)21-24(25)26)8-7-16-5-3-4-6-17(16)12-20/h3-8,15H,9-11,13-14H2,1-2H3. The monoisotopic (exact) mass is 369 g/mol. The van der Waals surface area contributed by atoms with E-state index < -0.39 is 5.03 Å². The van der Waals surface area contributed by atoms with E-state index in [1.807, 2.05) is 17.0 Å². The van der Waals surface area contributed by atoms with Crippen LogP contribution in [0.4, 0.5) is 0 Å². The number of hydrazone groups is 1. The smallest absolute Gasteiger partial charge is 0.278 e. The Morgan fingerprint density at radius 1 is 1.44 bits per heavy atom. The molecule has 27 heavy (non-hydrogen) atoms. The molecular formula is C19H23N5O3. The zero-order valence-electron chi connectivity index (χ0n) is 15.5. The number of nitrogens with zero attached hydrogens (tertiary/aromatic N) is 5. The molecule has 0 radical (unpaired) electrons. The summed E-state index contributed by atoms with van der Waals surface area (Å²) in [5.74, 6) is 0.649. The van der Waals surface area contributed by atoms with E-state index in [0.29, 0.717) is 43.7 Å². The molecule has 2 aliphatic rings. The quantitative estimate of drug-likeness (QED) is 0.585. The molecular weight excluding hydrogens is 346 g/mol. The Kier molecular flexibility index (Phi) is 5.42. The van der Waals surface area contributed by atoms with Gasteiger partial charge in [0, 0.05) is 31.8 Å². The fraction of sp³-hybridized carbons (Fsp3) is 0.474. The van der Waals surface area contributed by atoms with Crippen molar-refractivity contribution in [3.05, 3.63) is 51.7 Å². The Bertz CT molecular complexity index is 812. The lowest BCUT2D eigenvalue weighted by Crippen LogP contribution is -2.35. The molecule has 0 aromatic heterocycles. The lowest BCUT2D eigenvalue weighted by Gasteiger charge is -2.22. The van der Waals surface area contributed by atoms with Gasteiger partial charge >= 0.3 is 0 Å². The molecule has 1 unspecified atom stereocenters. The van der Waals surface area contributed by atoms with Crippen molar-refractivity contribution < 1.29 is 9.77 Å². The average molecular weight is 369 g/mol. The van der Waals surface area contributed by atoms with E-state index in [-0.39, 0.29) is 5.60 Å². The van der Waals surface area contributed by atoms with Crippen molar-refractivity contribution in [2.75, 3.05) is 26.2 Å². The summed E-state index contributed by atoms with van der Waals surface area (Å²) >= 11 is 0. The SMILES string of the molecule is CC1(C)CC(CN2CCN(C=Cc3ccccc3C#N)C2=N[N+](=O)[O-])CO1. The number of guanidine groups is 1. The van der Waals surface area contributed by atoms with Crippen LogP contribution >= 0.6 is 0 Å². The van der Waals surface area contributed by atoms with E-state index in [4.69, 9.17) is 4.74 Å². The van der Waals surface area contributed by atoms with Gasteiger partial charge in [0.15, 0.2) is 5.03 Å². The van der Waals surface area contributed by atoms with Crippen molar-refractivity contribution >= 4 is 12.0 Å². The Labute approximate surface area is 158 Å². The number of benzene rings is 1. The van der Waals surface area contributed by atoms with Crippen LogP contribution in [-0.4, -0.2) is 52.6 Å². The predicted octanol–water partition coefficient (Wildman–Crippen LogP) is 2.51. The molecule has 1 aromatic carbocycles. The van der Waals surface area contributed by atoms with Gasteiger partial charge in [-0.05, 0) is 38.0 Å². The highest BCUT2D eigenvalue weighted by atomic mass is 16.7. The molecule has 8 nitrogen and oxygen atoms in total. The van der Waals surface area contributed by atoms with Crippen LogP contribution in [0.2, 0.25) is 0 Å². The van der Waals surface area contributed by atoms with Crippen LogP contribution in [-0.2, 0) is 4.74 Å². The van der Waals surface area contributed by atoms with Gasteiger partial charge in [-0.3, -0.25) is 0 Å². The van der Waals surface area contributed by atoms with E-state index in [1.165, 1.54) is 0 Å². The van der Waals surface area contributed by atoms with E-state index in [9.17, 15) is 15.4 Å². The van der Waals surface area contributed by atoms with Gasteiger partial charge in [-0.15, -0.1) is 0 Å². The highest BCUT2D eigenvalue weighted by Gasteiger charge is 2.36. The van der Waals surface area contributed by atoms with Crippen LogP contribution in [0.3, 0.4) is 0 Å². The summed E-state index contributed by atoms with van der Waals surface area (Å²) in [5.41, 5.74) is 1.18.